The molecule has 4 heterocycles. The summed E-state index contributed by atoms with van der Waals surface area (Å²) in [7, 11) is 1.56. The van der Waals surface area contributed by atoms with Crippen molar-refractivity contribution in [1.29, 1.82) is 0 Å². The SMILES string of the molecule is COc1ccc2c(c1)C(=O)CC(C1CCCN(C(=O)c3cnc4ccccn4c3=O)C1)O2. The molecule has 1 fully saturated rings. The van der Waals surface area contributed by atoms with E-state index >= 15 is 0 Å². The lowest BCUT2D eigenvalue weighted by molar-refractivity contribution is 0.0407. The predicted octanol–water partition coefficient (Wildman–Crippen LogP) is 2.59. The first kappa shape index (κ1) is 20.2. The number of ether oxygens (including phenoxy) is 2. The number of rotatable bonds is 3. The summed E-state index contributed by atoms with van der Waals surface area (Å²) in [5.41, 5.74) is 0.691. The van der Waals surface area contributed by atoms with Gasteiger partial charge in [0, 0.05) is 37.8 Å². The average molecular weight is 433 g/mol. The molecule has 8 nitrogen and oxygen atoms in total. The molecule has 2 aliphatic heterocycles. The van der Waals surface area contributed by atoms with Crippen LogP contribution in [0.15, 0.2) is 53.6 Å². The summed E-state index contributed by atoms with van der Waals surface area (Å²) in [6.07, 6.45) is 4.54. The first-order chi connectivity index (χ1) is 15.5. The van der Waals surface area contributed by atoms with Gasteiger partial charge in [-0.2, -0.15) is 0 Å². The van der Waals surface area contributed by atoms with Gasteiger partial charge in [0.05, 0.1) is 12.7 Å². The standard InChI is InChI=1S/C24H23N3O5/c1-31-16-7-8-20-17(11-16)19(28)12-21(32-20)15-5-4-9-26(14-15)23(29)18-13-25-22-6-2-3-10-27(22)24(18)30/h2-3,6-8,10-11,13,15,21H,4-5,9,12,14H2,1H3. The first-order valence-corrected chi connectivity index (χ1v) is 10.7. The lowest BCUT2D eigenvalue weighted by atomic mass is 9.86. The van der Waals surface area contributed by atoms with Crippen molar-refractivity contribution in [2.45, 2.75) is 25.4 Å². The minimum absolute atomic E-state index is 0.00284. The van der Waals surface area contributed by atoms with E-state index < -0.39 is 0 Å². The van der Waals surface area contributed by atoms with Crippen molar-refractivity contribution in [3.05, 3.63) is 70.3 Å². The molecule has 2 aliphatic rings. The van der Waals surface area contributed by atoms with Gasteiger partial charge in [0.1, 0.15) is 28.8 Å². The normalized spacial score (nSPS) is 20.5. The number of carbonyl (C=O) groups excluding carboxylic acids is 2. The van der Waals surface area contributed by atoms with E-state index in [2.05, 4.69) is 4.98 Å². The molecule has 0 spiro atoms. The van der Waals surface area contributed by atoms with Crippen molar-refractivity contribution < 1.29 is 19.1 Å². The van der Waals surface area contributed by atoms with Crippen LogP contribution >= 0.6 is 0 Å². The number of fused-ring (bicyclic) bond motifs is 2. The van der Waals surface area contributed by atoms with E-state index in [1.54, 1.807) is 54.6 Å². The van der Waals surface area contributed by atoms with Gasteiger partial charge < -0.3 is 14.4 Å². The molecule has 3 aromatic rings. The monoisotopic (exact) mass is 433 g/mol. The Labute approximate surface area is 184 Å². The molecule has 32 heavy (non-hydrogen) atoms. The van der Waals surface area contributed by atoms with Gasteiger partial charge in [-0.25, -0.2) is 4.98 Å². The van der Waals surface area contributed by atoms with Crippen LogP contribution in [0.4, 0.5) is 0 Å². The Hall–Kier alpha value is -3.68. The van der Waals surface area contributed by atoms with Gasteiger partial charge >= 0.3 is 0 Å². The fourth-order valence-electron chi connectivity index (χ4n) is 4.56. The molecule has 2 unspecified atom stereocenters. The number of Topliss-reactive ketones (excluding diaryl/α,β-unsaturated/α-hetero) is 1. The Kier molecular flexibility index (Phi) is 5.13. The molecule has 0 N–H and O–H groups in total. The fraction of sp³-hybridized carbons (Fsp3) is 0.333. The van der Waals surface area contributed by atoms with E-state index in [1.165, 1.54) is 10.6 Å². The zero-order chi connectivity index (χ0) is 22.2. The van der Waals surface area contributed by atoms with Crippen molar-refractivity contribution in [3.63, 3.8) is 0 Å². The molecule has 0 bridgehead atoms. The Bertz CT molecular complexity index is 1270. The predicted molar refractivity (Wildman–Crippen MR) is 116 cm³/mol. The van der Waals surface area contributed by atoms with Crippen molar-refractivity contribution in [2.24, 2.45) is 5.92 Å². The molecule has 2 atom stereocenters. The number of nitrogens with zero attached hydrogens (tertiary/aromatic N) is 3. The minimum atomic E-state index is -0.380. The number of likely N-dealkylation sites (tertiary alicyclic amines) is 1. The quantitative estimate of drug-likeness (QED) is 0.631. The van der Waals surface area contributed by atoms with Crippen LogP contribution in [0.3, 0.4) is 0 Å². The van der Waals surface area contributed by atoms with Gasteiger partial charge in [-0.3, -0.25) is 18.8 Å². The van der Waals surface area contributed by atoms with E-state index in [9.17, 15) is 14.4 Å². The first-order valence-electron chi connectivity index (χ1n) is 10.7. The summed E-state index contributed by atoms with van der Waals surface area (Å²) in [5, 5.41) is 0. The number of benzene rings is 1. The highest BCUT2D eigenvalue weighted by molar-refractivity contribution is 6.00. The number of piperidine rings is 1. The number of amides is 1. The van der Waals surface area contributed by atoms with Crippen LogP contribution < -0.4 is 15.0 Å². The van der Waals surface area contributed by atoms with Gasteiger partial charge in [-0.15, -0.1) is 0 Å². The maximum atomic E-state index is 13.2. The van der Waals surface area contributed by atoms with Crippen LogP contribution in [0, 0.1) is 5.92 Å². The molecule has 1 saturated heterocycles. The summed E-state index contributed by atoms with van der Waals surface area (Å²) in [6, 6.07) is 10.5. The Balaban J connectivity index is 1.36. The number of carbonyl (C=O) groups is 2. The minimum Gasteiger partial charge on any atom is -0.497 e. The lowest BCUT2D eigenvalue weighted by Gasteiger charge is -2.38. The molecule has 0 radical (unpaired) electrons. The van der Waals surface area contributed by atoms with Gasteiger partial charge in [0.15, 0.2) is 5.78 Å². The number of hydrogen-bond acceptors (Lipinski definition) is 6. The summed E-state index contributed by atoms with van der Waals surface area (Å²) in [5.74, 6) is 0.840. The molecule has 1 aromatic carbocycles. The summed E-state index contributed by atoms with van der Waals surface area (Å²) < 4.78 is 12.7. The Morgan fingerprint density at radius 3 is 2.94 bits per heavy atom. The van der Waals surface area contributed by atoms with Gasteiger partial charge in [0.2, 0.25) is 0 Å². The topological polar surface area (TPSA) is 90.2 Å². The Morgan fingerprint density at radius 2 is 2.09 bits per heavy atom. The van der Waals surface area contributed by atoms with E-state index in [0.717, 1.165) is 12.8 Å². The maximum absolute atomic E-state index is 13.2. The molecule has 1 amide bonds. The summed E-state index contributed by atoms with van der Waals surface area (Å²) in [4.78, 5) is 44.7. The van der Waals surface area contributed by atoms with Crippen LogP contribution in [0.5, 0.6) is 11.5 Å². The third kappa shape index (κ3) is 3.51. The van der Waals surface area contributed by atoms with E-state index in [0.29, 0.717) is 35.8 Å². The maximum Gasteiger partial charge on any atom is 0.270 e. The molecule has 0 saturated carbocycles. The molecule has 2 aromatic heterocycles. The van der Waals surface area contributed by atoms with Gasteiger partial charge in [-0.1, -0.05) is 6.07 Å². The zero-order valence-electron chi connectivity index (χ0n) is 17.7. The zero-order valence-corrected chi connectivity index (χ0v) is 17.7. The molecule has 8 heteroatoms. The highest BCUT2D eigenvalue weighted by Gasteiger charge is 2.36. The summed E-state index contributed by atoms with van der Waals surface area (Å²) in [6.45, 7) is 0.986. The molecular formula is C24H23N3O5. The van der Waals surface area contributed by atoms with Gasteiger partial charge in [0.25, 0.3) is 11.5 Å². The molecule has 0 aliphatic carbocycles. The fourth-order valence-corrected chi connectivity index (χ4v) is 4.56. The third-order valence-corrected chi connectivity index (χ3v) is 6.27. The summed E-state index contributed by atoms with van der Waals surface area (Å²) >= 11 is 0. The molecular weight excluding hydrogens is 410 g/mol. The largest absolute Gasteiger partial charge is 0.497 e. The van der Waals surface area contributed by atoms with Crippen LogP contribution in [0.2, 0.25) is 0 Å². The number of hydrogen-bond donors (Lipinski definition) is 0. The third-order valence-electron chi connectivity index (χ3n) is 6.27. The second kappa shape index (κ2) is 8.11. The van der Waals surface area contributed by atoms with Crippen molar-refractivity contribution in [1.82, 2.24) is 14.3 Å². The van der Waals surface area contributed by atoms with E-state index in [4.69, 9.17) is 9.47 Å². The van der Waals surface area contributed by atoms with Crippen LogP contribution in [0.1, 0.15) is 40.0 Å². The van der Waals surface area contributed by atoms with Crippen molar-refractivity contribution >= 4 is 17.3 Å². The Morgan fingerprint density at radius 1 is 1.22 bits per heavy atom. The number of aromatic nitrogens is 2. The van der Waals surface area contributed by atoms with Crippen LogP contribution in [0.25, 0.3) is 5.65 Å². The lowest BCUT2D eigenvalue weighted by Crippen LogP contribution is -2.47. The second-order valence-electron chi connectivity index (χ2n) is 8.21. The molecule has 164 valence electrons. The van der Waals surface area contributed by atoms with Crippen molar-refractivity contribution in [3.8, 4) is 11.5 Å². The highest BCUT2D eigenvalue weighted by Crippen LogP contribution is 2.35. The van der Waals surface area contributed by atoms with Crippen LogP contribution in [-0.2, 0) is 0 Å². The average Bonchev–Trinajstić information content (AvgIpc) is 2.84. The van der Waals surface area contributed by atoms with Crippen LogP contribution in [-0.4, -0.2) is 52.3 Å². The second-order valence-corrected chi connectivity index (χ2v) is 8.21. The molecule has 5 rings (SSSR count). The van der Waals surface area contributed by atoms with Crippen molar-refractivity contribution in [2.75, 3.05) is 20.2 Å². The van der Waals surface area contributed by atoms with Gasteiger partial charge in [-0.05, 0) is 43.2 Å². The highest BCUT2D eigenvalue weighted by atomic mass is 16.5. The number of ketones is 1. The van der Waals surface area contributed by atoms with E-state index in [-0.39, 0.29) is 41.3 Å². The number of methoxy groups -OCH3 is 1. The number of pyridine rings is 1. The van der Waals surface area contributed by atoms with E-state index in [1.807, 2.05) is 0 Å². The smallest absolute Gasteiger partial charge is 0.270 e.